The van der Waals surface area contributed by atoms with Crippen molar-refractivity contribution in [1.82, 2.24) is 15.1 Å². The number of hydrogen-bond donors (Lipinski definition) is 1. The Morgan fingerprint density at radius 2 is 1.97 bits per heavy atom. The summed E-state index contributed by atoms with van der Waals surface area (Å²) in [5, 5.41) is 3.46. The van der Waals surface area contributed by atoms with Crippen LogP contribution in [0.2, 0.25) is 0 Å². The summed E-state index contributed by atoms with van der Waals surface area (Å²) in [6.07, 6.45) is 10.1. The topological polar surface area (TPSA) is 30.9 Å². The number of nitrogens with one attached hydrogen (secondary N) is 1. The predicted molar refractivity (Wildman–Crippen MR) is 126 cm³/mol. The third kappa shape index (κ3) is 7.69. The highest BCUT2D eigenvalue weighted by Gasteiger charge is 2.15. The van der Waals surface area contributed by atoms with Crippen LogP contribution in [0.4, 0.5) is 0 Å². The van der Waals surface area contributed by atoms with Gasteiger partial charge in [-0.3, -0.25) is 4.99 Å². The van der Waals surface area contributed by atoms with E-state index in [9.17, 15) is 0 Å². The predicted octanol–water partition coefficient (Wildman–Crippen LogP) is 4.84. The van der Waals surface area contributed by atoms with E-state index in [1.807, 2.05) is 6.92 Å². The summed E-state index contributed by atoms with van der Waals surface area (Å²) in [5.74, 6) is 2.04. The second kappa shape index (κ2) is 12.5. The van der Waals surface area contributed by atoms with Crippen LogP contribution in [-0.2, 0) is 12.8 Å². The monoisotopic (exact) mass is 396 g/mol. The normalized spacial score (nSPS) is 17.4. The molecule has 4 nitrogen and oxygen atoms in total. The molecule has 1 N–H and O–H groups in total. The highest BCUT2D eigenvalue weighted by atomic mass is 15.3. The van der Waals surface area contributed by atoms with Gasteiger partial charge in [0, 0.05) is 26.3 Å². The first-order chi connectivity index (χ1) is 14.1. The highest BCUT2D eigenvalue weighted by Crippen LogP contribution is 2.18. The number of hydrogen-bond acceptors (Lipinski definition) is 4. The molecule has 0 saturated carbocycles. The minimum atomic E-state index is 0.808. The summed E-state index contributed by atoms with van der Waals surface area (Å²) in [4.78, 5) is 8.73. The van der Waals surface area contributed by atoms with Gasteiger partial charge in [0.25, 0.3) is 0 Å². The third-order valence-electron chi connectivity index (χ3n) is 5.67. The number of rotatable bonds is 12. The molecule has 0 bridgehead atoms. The van der Waals surface area contributed by atoms with Gasteiger partial charge in [-0.1, -0.05) is 31.2 Å². The van der Waals surface area contributed by atoms with Crippen LogP contribution in [0.5, 0.6) is 0 Å². The van der Waals surface area contributed by atoms with Gasteiger partial charge in [0.15, 0.2) is 0 Å². The summed E-state index contributed by atoms with van der Waals surface area (Å²) >= 11 is 0. The average Bonchev–Trinajstić information content (AvgIpc) is 3.23. The largest absolute Gasteiger partial charge is 0.361 e. The van der Waals surface area contributed by atoms with Gasteiger partial charge in [0.1, 0.15) is 5.82 Å². The summed E-state index contributed by atoms with van der Waals surface area (Å²) in [6, 6.07) is 9.27. The molecule has 2 rings (SSSR count). The van der Waals surface area contributed by atoms with Gasteiger partial charge in [-0.2, -0.15) is 0 Å². The minimum absolute atomic E-state index is 0.808. The van der Waals surface area contributed by atoms with Crippen molar-refractivity contribution in [2.24, 2.45) is 10.9 Å². The van der Waals surface area contributed by atoms with Crippen molar-refractivity contribution in [3.05, 3.63) is 59.2 Å². The van der Waals surface area contributed by atoms with Gasteiger partial charge in [-0.25, -0.2) is 0 Å². The Balaban J connectivity index is 1.93. The molecule has 1 saturated heterocycles. The summed E-state index contributed by atoms with van der Waals surface area (Å²) < 4.78 is 0. The van der Waals surface area contributed by atoms with Gasteiger partial charge in [-0.05, 0) is 88.9 Å². The maximum absolute atomic E-state index is 4.09. The van der Waals surface area contributed by atoms with Crippen molar-refractivity contribution in [2.75, 3.05) is 33.2 Å². The Bertz CT molecular complexity index is 669. The SMILES string of the molecule is C=N/C(C)=C\N(CCCc1ccc(CC2CCNC2)cc1)/C(=C/C)N(C)CCC. The lowest BCUT2D eigenvalue weighted by atomic mass is 9.97. The van der Waals surface area contributed by atoms with Gasteiger partial charge in [0.2, 0.25) is 0 Å². The molecule has 0 aromatic heterocycles. The van der Waals surface area contributed by atoms with E-state index in [2.05, 4.69) is 84.3 Å². The summed E-state index contributed by atoms with van der Waals surface area (Å²) in [7, 11) is 2.16. The zero-order valence-electron chi connectivity index (χ0n) is 19.0. The molecule has 1 heterocycles. The van der Waals surface area contributed by atoms with E-state index in [0.717, 1.165) is 44.0 Å². The quantitative estimate of drug-likeness (QED) is 0.513. The summed E-state index contributed by atoms with van der Waals surface area (Å²) in [6.45, 7) is 14.4. The molecular formula is C25H40N4. The first-order valence-electron chi connectivity index (χ1n) is 11.1. The minimum Gasteiger partial charge on any atom is -0.361 e. The van der Waals surface area contributed by atoms with Crippen molar-refractivity contribution >= 4 is 6.72 Å². The lowest BCUT2D eigenvalue weighted by Crippen LogP contribution is -2.31. The molecule has 1 fully saturated rings. The fraction of sp³-hybridized carbons (Fsp3) is 0.560. The van der Waals surface area contributed by atoms with Crippen molar-refractivity contribution in [1.29, 1.82) is 0 Å². The lowest BCUT2D eigenvalue weighted by molar-refractivity contribution is 0.285. The van der Waals surface area contributed by atoms with Gasteiger partial charge >= 0.3 is 0 Å². The Morgan fingerprint density at radius 3 is 2.55 bits per heavy atom. The van der Waals surface area contributed by atoms with Crippen molar-refractivity contribution in [3.63, 3.8) is 0 Å². The molecule has 4 heteroatoms. The molecular weight excluding hydrogens is 356 g/mol. The molecule has 0 aliphatic carbocycles. The van der Waals surface area contributed by atoms with Gasteiger partial charge in [-0.15, -0.1) is 0 Å². The van der Waals surface area contributed by atoms with Crippen LogP contribution < -0.4 is 5.32 Å². The van der Waals surface area contributed by atoms with E-state index in [-0.39, 0.29) is 0 Å². The van der Waals surface area contributed by atoms with Crippen LogP contribution in [0.15, 0.2) is 53.1 Å². The lowest BCUT2D eigenvalue weighted by Gasteiger charge is -2.31. The number of nitrogens with zero attached hydrogens (tertiary/aromatic N) is 3. The number of aliphatic imine (C=N–C) groups is 1. The molecule has 29 heavy (non-hydrogen) atoms. The molecule has 1 aromatic carbocycles. The molecule has 1 atom stereocenters. The van der Waals surface area contributed by atoms with Crippen molar-refractivity contribution in [3.8, 4) is 0 Å². The van der Waals surface area contributed by atoms with E-state index in [4.69, 9.17) is 0 Å². The Morgan fingerprint density at radius 1 is 1.24 bits per heavy atom. The van der Waals surface area contributed by atoms with Crippen LogP contribution in [0, 0.1) is 5.92 Å². The Kier molecular flexibility index (Phi) is 9.99. The Labute approximate surface area is 178 Å². The van der Waals surface area contributed by atoms with E-state index >= 15 is 0 Å². The molecule has 1 unspecified atom stereocenters. The van der Waals surface area contributed by atoms with E-state index < -0.39 is 0 Å². The van der Waals surface area contributed by atoms with Crippen LogP contribution in [-0.4, -0.2) is 49.7 Å². The van der Waals surface area contributed by atoms with Crippen molar-refractivity contribution < 1.29 is 0 Å². The van der Waals surface area contributed by atoms with Crippen LogP contribution in [0.1, 0.15) is 51.2 Å². The maximum Gasteiger partial charge on any atom is 0.103 e. The third-order valence-corrected chi connectivity index (χ3v) is 5.67. The molecule has 160 valence electrons. The molecule has 0 radical (unpaired) electrons. The molecule has 0 amide bonds. The van der Waals surface area contributed by atoms with Crippen LogP contribution >= 0.6 is 0 Å². The number of allylic oxidation sites excluding steroid dienone is 2. The molecule has 1 aromatic rings. The van der Waals surface area contributed by atoms with Crippen LogP contribution in [0.25, 0.3) is 0 Å². The zero-order valence-corrected chi connectivity index (χ0v) is 19.0. The van der Waals surface area contributed by atoms with E-state index in [1.54, 1.807) is 0 Å². The van der Waals surface area contributed by atoms with Crippen molar-refractivity contribution in [2.45, 2.75) is 52.9 Å². The van der Waals surface area contributed by atoms with Crippen LogP contribution in [0.3, 0.4) is 0 Å². The maximum atomic E-state index is 4.09. The average molecular weight is 397 g/mol. The summed E-state index contributed by atoms with van der Waals surface area (Å²) in [5.41, 5.74) is 3.84. The zero-order chi connectivity index (χ0) is 21.1. The molecule has 0 spiro atoms. The number of benzene rings is 1. The molecule has 1 aliphatic heterocycles. The van der Waals surface area contributed by atoms with Gasteiger partial charge in [0.05, 0.1) is 5.70 Å². The van der Waals surface area contributed by atoms with E-state index in [0.29, 0.717) is 0 Å². The second-order valence-corrected chi connectivity index (χ2v) is 8.17. The molecule has 1 aliphatic rings. The standard InChI is InChI=1S/C25H40N4/c1-6-16-28(5)25(7-2)29(20-21(3)26-4)17-8-9-22-10-12-23(13-11-22)18-24-14-15-27-19-24/h7,10-13,20,24,27H,4,6,8-9,14-19H2,1-3,5H3/b21-20-,25-7+. The Hall–Kier alpha value is -2.07. The first kappa shape index (κ1) is 23.2. The first-order valence-corrected chi connectivity index (χ1v) is 11.1. The fourth-order valence-corrected chi connectivity index (χ4v) is 4.08. The van der Waals surface area contributed by atoms with E-state index in [1.165, 1.54) is 42.9 Å². The van der Waals surface area contributed by atoms with Gasteiger partial charge < -0.3 is 15.1 Å². The number of aryl methyl sites for hydroxylation is 1. The second-order valence-electron chi connectivity index (χ2n) is 8.17. The fourth-order valence-electron chi connectivity index (χ4n) is 4.08. The highest BCUT2D eigenvalue weighted by molar-refractivity contribution is 5.28. The smallest absolute Gasteiger partial charge is 0.103 e.